The number of aromatic nitrogens is 1. The Morgan fingerprint density at radius 2 is 2.09 bits per heavy atom. The van der Waals surface area contributed by atoms with Crippen LogP contribution in [0.5, 0.6) is 0 Å². The molecule has 0 aromatic carbocycles. The molecule has 23 heavy (non-hydrogen) atoms. The van der Waals surface area contributed by atoms with Crippen LogP contribution in [0.25, 0.3) is 0 Å². The average molecular weight is 370 g/mol. The van der Waals surface area contributed by atoms with Crippen molar-refractivity contribution in [2.75, 3.05) is 18.0 Å². The van der Waals surface area contributed by atoms with Gasteiger partial charge in [0.25, 0.3) is 5.91 Å². The highest BCUT2D eigenvalue weighted by Gasteiger charge is 2.17. The van der Waals surface area contributed by atoms with Gasteiger partial charge in [0.2, 0.25) is 0 Å². The molecule has 122 valence electrons. The number of carbonyl (C=O) groups excluding carboxylic acids is 1. The fourth-order valence-electron chi connectivity index (χ4n) is 2.72. The Morgan fingerprint density at radius 3 is 2.78 bits per heavy atom. The number of pyridine rings is 1. The van der Waals surface area contributed by atoms with Crippen molar-refractivity contribution in [3.63, 3.8) is 0 Å². The summed E-state index contributed by atoms with van der Waals surface area (Å²) < 4.78 is 0.922. The number of hydrogen-bond acceptors (Lipinski definition) is 4. The summed E-state index contributed by atoms with van der Waals surface area (Å²) in [5.74, 6) is 0.744. The Labute approximate surface area is 149 Å². The van der Waals surface area contributed by atoms with Crippen LogP contribution in [0.1, 0.15) is 35.2 Å². The molecule has 1 amide bonds. The van der Waals surface area contributed by atoms with Crippen LogP contribution in [0, 0.1) is 0 Å². The van der Waals surface area contributed by atoms with E-state index >= 15 is 0 Å². The summed E-state index contributed by atoms with van der Waals surface area (Å²) in [6, 6.07) is 5.49. The molecule has 0 bridgehead atoms. The molecule has 1 aliphatic rings. The van der Waals surface area contributed by atoms with Gasteiger partial charge in [0.1, 0.15) is 10.2 Å². The molecule has 0 atom stereocenters. The first kappa shape index (κ1) is 16.6. The third-order valence-corrected chi connectivity index (χ3v) is 5.35. The fourth-order valence-corrected chi connectivity index (χ4v) is 4.18. The van der Waals surface area contributed by atoms with Gasteiger partial charge in [0.15, 0.2) is 0 Å². The lowest BCUT2D eigenvalue weighted by Crippen LogP contribution is -2.32. The zero-order chi connectivity index (χ0) is 16.2. The van der Waals surface area contributed by atoms with Crippen molar-refractivity contribution in [3.05, 3.63) is 44.2 Å². The Kier molecular flexibility index (Phi) is 5.41. The van der Waals surface area contributed by atoms with Crippen LogP contribution < -0.4 is 10.2 Å². The van der Waals surface area contributed by atoms with E-state index in [4.69, 9.17) is 23.2 Å². The number of nitrogens with one attached hydrogen (secondary N) is 1. The minimum absolute atomic E-state index is 0.216. The van der Waals surface area contributed by atoms with Crippen LogP contribution in [0.2, 0.25) is 8.67 Å². The first-order valence-electron chi connectivity index (χ1n) is 7.57. The van der Waals surface area contributed by atoms with Crippen molar-refractivity contribution in [2.24, 2.45) is 0 Å². The van der Waals surface area contributed by atoms with Crippen molar-refractivity contribution < 1.29 is 4.79 Å². The van der Waals surface area contributed by atoms with Gasteiger partial charge in [-0.2, -0.15) is 0 Å². The summed E-state index contributed by atoms with van der Waals surface area (Å²) >= 11 is 13.1. The third kappa shape index (κ3) is 3.97. The van der Waals surface area contributed by atoms with E-state index in [1.54, 1.807) is 12.3 Å². The van der Waals surface area contributed by atoms with Gasteiger partial charge in [-0.15, -0.1) is 11.3 Å². The van der Waals surface area contributed by atoms with Crippen molar-refractivity contribution in [3.8, 4) is 0 Å². The molecule has 1 fully saturated rings. The van der Waals surface area contributed by atoms with Crippen LogP contribution in [0.15, 0.2) is 24.4 Å². The molecule has 0 unspecified atom stereocenters. The maximum Gasteiger partial charge on any atom is 0.253 e. The highest BCUT2D eigenvalue weighted by molar-refractivity contribution is 7.20. The second-order valence-corrected chi connectivity index (χ2v) is 7.74. The van der Waals surface area contributed by atoms with Crippen LogP contribution in [-0.2, 0) is 6.54 Å². The molecule has 3 heterocycles. The molecule has 4 nitrogen and oxygen atoms in total. The summed E-state index contributed by atoms with van der Waals surface area (Å²) in [4.78, 5) is 19.1. The number of hydrogen-bond donors (Lipinski definition) is 1. The van der Waals surface area contributed by atoms with E-state index < -0.39 is 0 Å². The maximum atomic E-state index is 12.3. The fraction of sp³-hybridized carbons (Fsp3) is 0.375. The van der Waals surface area contributed by atoms with Crippen molar-refractivity contribution in [2.45, 2.75) is 25.8 Å². The summed E-state index contributed by atoms with van der Waals surface area (Å²) in [5.41, 5.74) is 1.44. The average Bonchev–Trinajstić information content (AvgIpc) is 2.92. The van der Waals surface area contributed by atoms with Crippen LogP contribution >= 0.6 is 34.5 Å². The molecule has 1 N–H and O–H groups in total. The highest BCUT2D eigenvalue weighted by Crippen LogP contribution is 2.31. The number of rotatable bonds is 4. The highest BCUT2D eigenvalue weighted by atomic mass is 35.5. The second-order valence-electron chi connectivity index (χ2n) is 5.45. The molecule has 3 rings (SSSR count). The zero-order valence-electron chi connectivity index (χ0n) is 12.5. The van der Waals surface area contributed by atoms with Gasteiger partial charge in [-0.1, -0.05) is 29.3 Å². The lowest BCUT2D eigenvalue weighted by molar-refractivity contribution is 0.0951. The maximum absolute atomic E-state index is 12.3. The van der Waals surface area contributed by atoms with E-state index in [1.165, 1.54) is 30.6 Å². The molecular weight excluding hydrogens is 353 g/mol. The van der Waals surface area contributed by atoms with Gasteiger partial charge in [0.05, 0.1) is 9.90 Å². The minimum atomic E-state index is -0.216. The number of piperidine rings is 1. The quantitative estimate of drug-likeness (QED) is 0.869. The Hall–Kier alpha value is -1.30. The molecule has 2 aromatic heterocycles. The first-order valence-corrected chi connectivity index (χ1v) is 9.14. The number of thiophene rings is 1. The minimum Gasteiger partial charge on any atom is -0.356 e. The van der Waals surface area contributed by atoms with Crippen LogP contribution in [0.4, 0.5) is 5.82 Å². The molecule has 0 aliphatic carbocycles. The molecule has 1 aliphatic heterocycles. The van der Waals surface area contributed by atoms with E-state index in [0.29, 0.717) is 20.8 Å². The van der Waals surface area contributed by atoms with Crippen molar-refractivity contribution >= 4 is 46.3 Å². The largest absolute Gasteiger partial charge is 0.356 e. The van der Waals surface area contributed by atoms with Crippen LogP contribution in [-0.4, -0.2) is 24.0 Å². The predicted molar refractivity (Wildman–Crippen MR) is 95.8 cm³/mol. The molecule has 0 radical (unpaired) electrons. The molecule has 0 spiro atoms. The molecule has 2 aromatic rings. The lowest BCUT2D eigenvalue weighted by Gasteiger charge is -2.29. The lowest BCUT2D eigenvalue weighted by atomic mass is 10.1. The number of nitrogens with zero attached hydrogens (tertiary/aromatic N) is 2. The SMILES string of the molecule is O=C(NCc1cccnc1N1CCCCC1)c1cc(Cl)sc1Cl. The van der Waals surface area contributed by atoms with Gasteiger partial charge in [-0.3, -0.25) is 4.79 Å². The summed E-state index contributed by atoms with van der Waals surface area (Å²) in [6.07, 6.45) is 5.44. The predicted octanol–water partition coefficient (Wildman–Crippen LogP) is 4.37. The third-order valence-electron chi connectivity index (χ3n) is 3.86. The summed E-state index contributed by atoms with van der Waals surface area (Å²) in [5, 5.41) is 2.91. The molecular formula is C16H17Cl2N3OS. The van der Waals surface area contributed by atoms with Crippen molar-refractivity contribution in [1.29, 1.82) is 0 Å². The number of halogens is 2. The van der Waals surface area contributed by atoms with Gasteiger partial charge in [-0.05, 0) is 31.4 Å². The smallest absolute Gasteiger partial charge is 0.253 e. The van der Waals surface area contributed by atoms with Gasteiger partial charge >= 0.3 is 0 Å². The van der Waals surface area contributed by atoms with Gasteiger partial charge < -0.3 is 10.2 Å². The molecule has 0 saturated carbocycles. The van der Waals surface area contributed by atoms with Gasteiger partial charge in [0, 0.05) is 31.4 Å². The molecule has 1 saturated heterocycles. The normalized spacial score (nSPS) is 14.8. The first-order chi connectivity index (χ1) is 11.1. The van der Waals surface area contributed by atoms with E-state index in [9.17, 15) is 4.79 Å². The molecule has 7 heteroatoms. The number of anilines is 1. The second kappa shape index (κ2) is 7.51. The van der Waals surface area contributed by atoms with E-state index in [0.717, 1.165) is 24.5 Å². The monoisotopic (exact) mass is 369 g/mol. The zero-order valence-corrected chi connectivity index (χ0v) is 14.8. The Morgan fingerprint density at radius 1 is 1.30 bits per heavy atom. The van der Waals surface area contributed by atoms with E-state index in [2.05, 4.69) is 15.2 Å². The van der Waals surface area contributed by atoms with Gasteiger partial charge in [-0.25, -0.2) is 4.98 Å². The number of amides is 1. The van der Waals surface area contributed by atoms with Crippen LogP contribution in [0.3, 0.4) is 0 Å². The Bertz CT molecular complexity index is 698. The Balaban J connectivity index is 1.70. The topological polar surface area (TPSA) is 45.2 Å². The van der Waals surface area contributed by atoms with Crippen molar-refractivity contribution in [1.82, 2.24) is 10.3 Å². The number of carbonyl (C=O) groups is 1. The van der Waals surface area contributed by atoms with E-state index in [-0.39, 0.29) is 5.91 Å². The standard InChI is InChI=1S/C16H17Cl2N3OS/c17-13-9-12(14(18)23-13)16(22)20-10-11-5-4-6-19-15(11)21-7-2-1-3-8-21/h4-6,9H,1-3,7-8,10H2,(H,20,22). The summed E-state index contributed by atoms with van der Waals surface area (Å²) in [6.45, 7) is 2.45. The van der Waals surface area contributed by atoms with E-state index in [1.807, 2.05) is 12.1 Å². The summed E-state index contributed by atoms with van der Waals surface area (Å²) in [7, 11) is 0.